The van der Waals surface area contributed by atoms with E-state index in [1.165, 1.54) is 18.2 Å². The molecule has 0 aliphatic heterocycles. The van der Waals surface area contributed by atoms with E-state index in [-0.39, 0.29) is 11.6 Å². The normalized spacial score (nSPS) is 9.74. The third-order valence-electron chi connectivity index (χ3n) is 2.46. The lowest BCUT2D eigenvalue weighted by molar-refractivity contribution is -0.384. The van der Waals surface area contributed by atoms with E-state index in [1.807, 2.05) is 6.92 Å². The van der Waals surface area contributed by atoms with Gasteiger partial charge in [-0.1, -0.05) is 6.08 Å². The number of nitrogens with zero attached hydrogens (tertiary/aromatic N) is 1. The van der Waals surface area contributed by atoms with Crippen LogP contribution >= 0.6 is 0 Å². The monoisotopic (exact) mass is 263 g/mol. The molecule has 0 radical (unpaired) electrons. The van der Waals surface area contributed by atoms with E-state index < -0.39 is 4.92 Å². The van der Waals surface area contributed by atoms with Crippen LogP contribution in [0.25, 0.3) is 0 Å². The van der Waals surface area contributed by atoms with Gasteiger partial charge in [0.25, 0.3) is 11.6 Å². The van der Waals surface area contributed by atoms with Gasteiger partial charge in [-0.3, -0.25) is 14.9 Å². The number of nitro groups is 1. The minimum atomic E-state index is -0.474. The number of rotatable bonds is 7. The maximum atomic E-state index is 11.7. The second-order valence-electron chi connectivity index (χ2n) is 3.85. The van der Waals surface area contributed by atoms with Crippen molar-refractivity contribution in [1.82, 2.24) is 5.32 Å². The highest BCUT2D eigenvalue weighted by atomic mass is 16.6. The van der Waals surface area contributed by atoms with Crippen LogP contribution in [-0.2, 0) is 0 Å². The first-order valence-corrected chi connectivity index (χ1v) is 6.01. The lowest BCUT2D eigenvalue weighted by atomic mass is 10.1. The van der Waals surface area contributed by atoms with Crippen molar-refractivity contribution in [2.75, 3.05) is 18.4 Å². The Kier molecular flexibility index (Phi) is 5.53. The number of anilines is 1. The molecule has 6 heteroatoms. The molecule has 1 aromatic carbocycles. The number of hydrogen-bond donors (Lipinski definition) is 2. The standard InChI is InChI=1S/C13H17N3O3/c1-3-5-8-15-11-9-10(13(17)14-4-2)6-7-12(11)16(18)19/h3,6-7,9,15H,1,4-5,8H2,2H3,(H,14,17). The van der Waals surface area contributed by atoms with Gasteiger partial charge in [0.1, 0.15) is 5.69 Å². The molecule has 1 rings (SSSR count). The van der Waals surface area contributed by atoms with Gasteiger partial charge in [-0.25, -0.2) is 0 Å². The molecular weight excluding hydrogens is 246 g/mol. The van der Waals surface area contributed by atoms with Crippen molar-refractivity contribution in [3.05, 3.63) is 46.5 Å². The van der Waals surface area contributed by atoms with Crippen LogP contribution in [-0.4, -0.2) is 23.9 Å². The molecule has 0 saturated carbocycles. The zero-order chi connectivity index (χ0) is 14.3. The molecule has 1 amide bonds. The largest absolute Gasteiger partial charge is 0.379 e. The van der Waals surface area contributed by atoms with Crippen molar-refractivity contribution in [2.24, 2.45) is 0 Å². The van der Waals surface area contributed by atoms with E-state index in [0.717, 1.165) is 0 Å². The van der Waals surface area contributed by atoms with Gasteiger partial charge >= 0.3 is 0 Å². The molecular formula is C13H17N3O3. The Morgan fingerprint density at radius 1 is 1.53 bits per heavy atom. The van der Waals surface area contributed by atoms with Crippen LogP contribution in [0.15, 0.2) is 30.9 Å². The Hall–Kier alpha value is -2.37. The van der Waals surface area contributed by atoms with Gasteiger partial charge in [-0.15, -0.1) is 6.58 Å². The smallest absolute Gasteiger partial charge is 0.292 e. The maximum absolute atomic E-state index is 11.7. The third kappa shape index (κ3) is 4.09. The lowest BCUT2D eigenvalue weighted by Gasteiger charge is -2.08. The van der Waals surface area contributed by atoms with Crippen LogP contribution in [0.2, 0.25) is 0 Å². The van der Waals surface area contributed by atoms with Gasteiger partial charge in [0.05, 0.1) is 4.92 Å². The van der Waals surface area contributed by atoms with Crippen LogP contribution in [0.3, 0.4) is 0 Å². The summed E-state index contributed by atoms with van der Waals surface area (Å²) in [6.45, 7) is 6.43. The average molecular weight is 263 g/mol. The molecule has 0 aromatic heterocycles. The molecule has 0 unspecified atom stereocenters. The van der Waals surface area contributed by atoms with Crippen LogP contribution in [0.1, 0.15) is 23.7 Å². The fourth-order valence-corrected chi connectivity index (χ4v) is 1.55. The number of carbonyl (C=O) groups excluding carboxylic acids is 1. The van der Waals surface area contributed by atoms with Gasteiger partial charge in [-0.05, 0) is 25.5 Å². The summed E-state index contributed by atoms with van der Waals surface area (Å²) in [5, 5.41) is 16.5. The Morgan fingerprint density at radius 3 is 2.84 bits per heavy atom. The summed E-state index contributed by atoms with van der Waals surface area (Å²) in [6.07, 6.45) is 2.40. The number of carbonyl (C=O) groups is 1. The quantitative estimate of drug-likeness (QED) is 0.342. The number of amides is 1. The van der Waals surface area contributed by atoms with Crippen molar-refractivity contribution in [2.45, 2.75) is 13.3 Å². The number of nitro benzene ring substituents is 1. The topological polar surface area (TPSA) is 84.3 Å². The summed E-state index contributed by atoms with van der Waals surface area (Å²) in [6, 6.07) is 4.27. The number of benzene rings is 1. The third-order valence-corrected chi connectivity index (χ3v) is 2.46. The van der Waals surface area contributed by atoms with Crippen molar-refractivity contribution < 1.29 is 9.72 Å². The van der Waals surface area contributed by atoms with Crippen molar-refractivity contribution in [3.63, 3.8) is 0 Å². The van der Waals surface area contributed by atoms with Crippen molar-refractivity contribution >= 4 is 17.3 Å². The van der Waals surface area contributed by atoms with Crippen molar-refractivity contribution in [3.8, 4) is 0 Å². The van der Waals surface area contributed by atoms with E-state index in [1.54, 1.807) is 6.08 Å². The average Bonchev–Trinajstić information content (AvgIpc) is 2.39. The number of nitrogens with one attached hydrogen (secondary N) is 2. The highest BCUT2D eigenvalue weighted by Gasteiger charge is 2.16. The predicted molar refractivity (Wildman–Crippen MR) is 74.4 cm³/mol. The van der Waals surface area contributed by atoms with E-state index in [9.17, 15) is 14.9 Å². The fourth-order valence-electron chi connectivity index (χ4n) is 1.55. The van der Waals surface area contributed by atoms with Crippen molar-refractivity contribution in [1.29, 1.82) is 0 Å². The van der Waals surface area contributed by atoms with Gasteiger partial charge in [0, 0.05) is 24.7 Å². The summed E-state index contributed by atoms with van der Waals surface area (Å²) in [5.74, 6) is -0.246. The zero-order valence-electron chi connectivity index (χ0n) is 10.8. The van der Waals surface area contributed by atoms with Gasteiger partial charge in [0.2, 0.25) is 0 Å². The van der Waals surface area contributed by atoms with Gasteiger partial charge in [0.15, 0.2) is 0 Å². The molecule has 0 aliphatic carbocycles. The molecule has 0 aliphatic rings. The predicted octanol–water partition coefficient (Wildman–Crippen LogP) is 2.33. The summed E-state index contributed by atoms with van der Waals surface area (Å²) < 4.78 is 0. The summed E-state index contributed by atoms with van der Waals surface area (Å²) >= 11 is 0. The molecule has 0 bridgehead atoms. The Balaban J connectivity index is 2.99. The Morgan fingerprint density at radius 2 is 2.26 bits per heavy atom. The van der Waals surface area contributed by atoms with E-state index >= 15 is 0 Å². The Labute approximate surface area is 111 Å². The molecule has 102 valence electrons. The minimum Gasteiger partial charge on any atom is -0.379 e. The van der Waals surface area contributed by atoms with E-state index in [0.29, 0.717) is 30.8 Å². The molecule has 0 spiro atoms. The molecule has 0 heterocycles. The molecule has 0 atom stereocenters. The second-order valence-corrected chi connectivity index (χ2v) is 3.85. The summed E-state index contributed by atoms with van der Waals surface area (Å²) in [7, 11) is 0. The molecule has 1 aromatic rings. The highest BCUT2D eigenvalue weighted by Crippen LogP contribution is 2.25. The van der Waals surface area contributed by atoms with Crippen LogP contribution in [0.4, 0.5) is 11.4 Å². The molecule has 0 saturated heterocycles. The molecule has 2 N–H and O–H groups in total. The van der Waals surface area contributed by atoms with Gasteiger partial charge in [-0.2, -0.15) is 0 Å². The van der Waals surface area contributed by atoms with Crippen LogP contribution < -0.4 is 10.6 Å². The highest BCUT2D eigenvalue weighted by molar-refractivity contribution is 5.95. The fraction of sp³-hybridized carbons (Fsp3) is 0.308. The van der Waals surface area contributed by atoms with E-state index in [4.69, 9.17) is 0 Å². The summed E-state index contributed by atoms with van der Waals surface area (Å²) in [4.78, 5) is 22.1. The van der Waals surface area contributed by atoms with Crippen LogP contribution in [0, 0.1) is 10.1 Å². The van der Waals surface area contributed by atoms with Crippen LogP contribution in [0.5, 0.6) is 0 Å². The minimum absolute atomic E-state index is 0.0443. The molecule has 0 fully saturated rings. The maximum Gasteiger partial charge on any atom is 0.292 e. The Bertz CT molecular complexity index is 486. The zero-order valence-corrected chi connectivity index (χ0v) is 10.8. The summed E-state index contributed by atoms with van der Waals surface area (Å²) in [5.41, 5.74) is 0.696. The number of hydrogen-bond acceptors (Lipinski definition) is 4. The first-order valence-electron chi connectivity index (χ1n) is 6.01. The molecule has 19 heavy (non-hydrogen) atoms. The SMILES string of the molecule is C=CCCNc1cc(C(=O)NCC)ccc1[N+](=O)[O-]. The first kappa shape index (κ1) is 14.7. The van der Waals surface area contributed by atoms with Gasteiger partial charge < -0.3 is 10.6 Å². The van der Waals surface area contributed by atoms with E-state index in [2.05, 4.69) is 17.2 Å². The lowest BCUT2D eigenvalue weighted by Crippen LogP contribution is -2.22. The molecule has 6 nitrogen and oxygen atoms in total. The second kappa shape index (κ2) is 7.15. The first-order chi connectivity index (χ1) is 9.10.